The van der Waals surface area contributed by atoms with Crippen molar-refractivity contribution in [3.05, 3.63) is 34.7 Å². The number of hydrogen-bond acceptors (Lipinski definition) is 3. The predicted octanol–water partition coefficient (Wildman–Crippen LogP) is 1.84. The van der Waals surface area contributed by atoms with Crippen LogP contribution in [0.25, 0.3) is 5.65 Å². The van der Waals surface area contributed by atoms with Gasteiger partial charge in [0.2, 0.25) is 0 Å². The molecule has 5 nitrogen and oxygen atoms in total. The molecule has 1 amide bonds. The Morgan fingerprint density at radius 2 is 2.20 bits per heavy atom. The van der Waals surface area contributed by atoms with Gasteiger partial charge in [-0.2, -0.15) is 0 Å². The predicted molar refractivity (Wildman–Crippen MR) is 80.5 cm³/mol. The van der Waals surface area contributed by atoms with E-state index >= 15 is 0 Å². The monoisotopic (exact) mass is 294 g/mol. The summed E-state index contributed by atoms with van der Waals surface area (Å²) in [5.74, 6) is -0.113. The third-order valence-electron chi connectivity index (χ3n) is 3.05. The first kappa shape index (κ1) is 14.8. The SMILES string of the molecule is CCc1nc2ccc(Cl)cn2c1C(=O)NCCN(C)C. The van der Waals surface area contributed by atoms with E-state index < -0.39 is 0 Å². The van der Waals surface area contributed by atoms with Crippen molar-refractivity contribution in [3.63, 3.8) is 0 Å². The summed E-state index contributed by atoms with van der Waals surface area (Å²) in [4.78, 5) is 18.8. The van der Waals surface area contributed by atoms with Gasteiger partial charge in [-0.05, 0) is 32.6 Å². The van der Waals surface area contributed by atoms with E-state index in [1.165, 1.54) is 0 Å². The molecule has 108 valence electrons. The molecule has 2 aromatic rings. The number of halogens is 1. The molecule has 0 fully saturated rings. The molecule has 2 aromatic heterocycles. The Kier molecular flexibility index (Phi) is 4.62. The quantitative estimate of drug-likeness (QED) is 0.915. The summed E-state index contributed by atoms with van der Waals surface area (Å²) in [6.45, 7) is 3.38. The second-order valence-corrected chi connectivity index (χ2v) is 5.33. The molecule has 0 saturated carbocycles. The molecule has 0 aliphatic heterocycles. The number of carbonyl (C=O) groups is 1. The van der Waals surface area contributed by atoms with E-state index in [0.29, 0.717) is 23.7 Å². The lowest BCUT2D eigenvalue weighted by atomic mass is 10.2. The van der Waals surface area contributed by atoms with Gasteiger partial charge in [-0.15, -0.1) is 0 Å². The Morgan fingerprint density at radius 1 is 1.45 bits per heavy atom. The van der Waals surface area contributed by atoms with Crippen molar-refractivity contribution in [3.8, 4) is 0 Å². The van der Waals surface area contributed by atoms with Crippen LogP contribution in [0.2, 0.25) is 5.02 Å². The zero-order valence-electron chi connectivity index (χ0n) is 12.0. The van der Waals surface area contributed by atoms with Crippen molar-refractivity contribution < 1.29 is 4.79 Å². The van der Waals surface area contributed by atoms with Crippen LogP contribution in [0.3, 0.4) is 0 Å². The highest BCUT2D eigenvalue weighted by Crippen LogP contribution is 2.17. The molecule has 0 aromatic carbocycles. The maximum absolute atomic E-state index is 12.4. The van der Waals surface area contributed by atoms with Crippen LogP contribution < -0.4 is 5.32 Å². The fraction of sp³-hybridized carbons (Fsp3) is 0.429. The fourth-order valence-corrected chi connectivity index (χ4v) is 2.19. The van der Waals surface area contributed by atoms with Gasteiger partial charge in [0.05, 0.1) is 10.7 Å². The largest absolute Gasteiger partial charge is 0.349 e. The molecule has 0 saturated heterocycles. The van der Waals surface area contributed by atoms with Crippen LogP contribution in [-0.4, -0.2) is 47.4 Å². The summed E-state index contributed by atoms with van der Waals surface area (Å²) in [6, 6.07) is 3.59. The summed E-state index contributed by atoms with van der Waals surface area (Å²) < 4.78 is 1.76. The van der Waals surface area contributed by atoms with Crippen molar-refractivity contribution in [2.45, 2.75) is 13.3 Å². The van der Waals surface area contributed by atoms with Crippen molar-refractivity contribution in [2.24, 2.45) is 0 Å². The summed E-state index contributed by atoms with van der Waals surface area (Å²) in [7, 11) is 3.94. The fourth-order valence-electron chi connectivity index (χ4n) is 2.03. The molecular formula is C14H19ClN4O. The Hall–Kier alpha value is -1.59. The van der Waals surface area contributed by atoms with Crippen LogP contribution >= 0.6 is 11.6 Å². The number of imidazole rings is 1. The molecular weight excluding hydrogens is 276 g/mol. The van der Waals surface area contributed by atoms with Crippen LogP contribution in [0.5, 0.6) is 0 Å². The normalized spacial score (nSPS) is 11.2. The molecule has 0 unspecified atom stereocenters. The van der Waals surface area contributed by atoms with Crippen LogP contribution in [0.4, 0.5) is 0 Å². The molecule has 0 radical (unpaired) electrons. The van der Waals surface area contributed by atoms with Crippen LogP contribution in [-0.2, 0) is 6.42 Å². The number of pyridine rings is 1. The summed E-state index contributed by atoms with van der Waals surface area (Å²) in [6.07, 6.45) is 2.43. The standard InChI is InChI=1S/C14H19ClN4O/c1-4-11-13(14(20)16-7-8-18(2)3)19-9-10(15)5-6-12(19)17-11/h5-6,9H,4,7-8H2,1-3H3,(H,16,20). The molecule has 1 N–H and O–H groups in total. The third-order valence-corrected chi connectivity index (χ3v) is 3.27. The van der Waals surface area contributed by atoms with Gasteiger partial charge >= 0.3 is 0 Å². The molecule has 2 heterocycles. The Labute approximate surface area is 123 Å². The lowest BCUT2D eigenvalue weighted by Crippen LogP contribution is -2.32. The average molecular weight is 295 g/mol. The minimum absolute atomic E-state index is 0.113. The number of likely N-dealkylation sites (N-methyl/N-ethyl adjacent to an activating group) is 1. The van der Waals surface area contributed by atoms with E-state index in [1.54, 1.807) is 16.7 Å². The van der Waals surface area contributed by atoms with E-state index in [2.05, 4.69) is 10.3 Å². The molecule has 2 rings (SSSR count). The maximum atomic E-state index is 12.4. The zero-order valence-corrected chi connectivity index (χ0v) is 12.7. The topological polar surface area (TPSA) is 49.6 Å². The molecule has 6 heteroatoms. The number of nitrogens with one attached hydrogen (secondary N) is 1. The van der Waals surface area contributed by atoms with Crippen LogP contribution in [0.15, 0.2) is 18.3 Å². The summed E-state index contributed by atoms with van der Waals surface area (Å²) in [5, 5.41) is 3.50. The van der Waals surface area contributed by atoms with Gasteiger partial charge < -0.3 is 10.2 Å². The van der Waals surface area contributed by atoms with Gasteiger partial charge in [-0.1, -0.05) is 18.5 Å². The molecule has 0 aliphatic carbocycles. The smallest absolute Gasteiger partial charge is 0.270 e. The molecule has 20 heavy (non-hydrogen) atoms. The van der Waals surface area contributed by atoms with Gasteiger partial charge in [-0.3, -0.25) is 9.20 Å². The number of fused-ring (bicyclic) bond motifs is 1. The highest BCUT2D eigenvalue weighted by Gasteiger charge is 2.17. The van der Waals surface area contributed by atoms with Gasteiger partial charge in [0, 0.05) is 19.3 Å². The lowest BCUT2D eigenvalue weighted by molar-refractivity contribution is 0.0944. The molecule has 0 aliphatic rings. The number of aryl methyl sites for hydroxylation is 1. The number of carbonyl (C=O) groups excluding carboxylic acids is 1. The highest BCUT2D eigenvalue weighted by atomic mass is 35.5. The van der Waals surface area contributed by atoms with Gasteiger partial charge in [0.1, 0.15) is 11.3 Å². The first-order valence-corrected chi connectivity index (χ1v) is 7.00. The third kappa shape index (κ3) is 3.11. The Balaban J connectivity index is 2.31. The minimum Gasteiger partial charge on any atom is -0.349 e. The van der Waals surface area contributed by atoms with E-state index in [4.69, 9.17) is 11.6 Å². The maximum Gasteiger partial charge on any atom is 0.270 e. The van der Waals surface area contributed by atoms with E-state index in [-0.39, 0.29) is 5.91 Å². The van der Waals surface area contributed by atoms with Gasteiger partial charge in [0.25, 0.3) is 5.91 Å². The molecule has 0 atom stereocenters. The summed E-state index contributed by atoms with van der Waals surface area (Å²) >= 11 is 6.01. The van der Waals surface area contributed by atoms with E-state index in [1.807, 2.05) is 32.0 Å². The van der Waals surface area contributed by atoms with Crippen LogP contribution in [0.1, 0.15) is 23.1 Å². The first-order valence-electron chi connectivity index (χ1n) is 6.62. The van der Waals surface area contributed by atoms with Crippen molar-refractivity contribution in [1.29, 1.82) is 0 Å². The second-order valence-electron chi connectivity index (χ2n) is 4.90. The number of amides is 1. The van der Waals surface area contributed by atoms with Gasteiger partial charge in [0.15, 0.2) is 0 Å². The highest BCUT2D eigenvalue weighted by molar-refractivity contribution is 6.30. The number of rotatable bonds is 5. The van der Waals surface area contributed by atoms with Crippen molar-refractivity contribution in [2.75, 3.05) is 27.2 Å². The lowest BCUT2D eigenvalue weighted by Gasteiger charge is -2.11. The number of hydrogen-bond donors (Lipinski definition) is 1. The zero-order chi connectivity index (χ0) is 14.7. The summed E-state index contributed by atoms with van der Waals surface area (Å²) in [5.41, 5.74) is 2.10. The van der Waals surface area contributed by atoms with E-state index in [0.717, 1.165) is 17.9 Å². The van der Waals surface area contributed by atoms with Gasteiger partial charge in [-0.25, -0.2) is 4.98 Å². The number of aromatic nitrogens is 2. The van der Waals surface area contributed by atoms with Crippen LogP contribution in [0, 0.1) is 0 Å². The Morgan fingerprint density at radius 3 is 2.85 bits per heavy atom. The first-order chi connectivity index (χ1) is 9.52. The molecule has 0 spiro atoms. The van der Waals surface area contributed by atoms with Crippen molar-refractivity contribution in [1.82, 2.24) is 19.6 Å². The van der Waals surface area contributed by atoms with Crippen molar-refractivity contribution >= 4 is 23.2 Å². The average Bonchev–Trinajstić information content (AvgIpc) is 2.75. The Bertz CT molecular complexity index is 621. The minimum atomic E-state index is -0.113. The second kappa shape index (κ2) is 6.24. The number of nitrogens with zero attached hydrogens (tertiary/aromatic N) is 3. The molecule has 0 bridgehead atoms. The van der Waals surface area contributed by atoms with E-state index in [9.17, 15) is 4.79 Å².